The van der Waals surface area contributed by atoms with Crippen molar-refractivity contribution in [2.24, 2.45) is 0 Å². The van der Waals surface area contributed by atoms with E-state index in [0.29, 0.717) is 0 Å². The van der Waals surface area contributed by atoms with Crippen molar-refractivity contribution in [2.75, 3.05) is 0 Å². The minimum absolute atomic E-state index is 0.118. The first-order valence-electron chi connectivity index (χ1n) is 9.10. The van der Waals surface area contributed by atoms with Gasteiger partial charge in [-0.3, -0.25) is 10.1 Å². The van der Waals surface area contributed by atoms with Crippen molar-refractivity contribution < 1.29 is 9.49 Å². The van der Waals surface area contributed by atoms with E-state index in [1.165, 1.54) is 50.7 Å². The number of hydrogen-bond donors (Lipinski definition) is 0. The van der Waals surface area contributed by atoms with E-state index in [9.17, 15) is 10.1 Å². The molecule has 0 aliphatic carbocycles. The van der Waals surface area contributed by atoms with Crippen LogP contribution in [-0.2, 0) is 6.54 Å². The zero-order valence-electron chi connectivity index (χ0n) is 14.9. The predicted molar refractivity (Wildman–Crippen MR) is 102 cm³/mol. The number of unbranched alkanes of at least 4 members (excludes halogenated alkanes) is 5. The van der Waals surface area contributed by atoms with E-state index >= 15 is 0 Å². The Balaban J connectivity index is 1.80. The van der Waals surface area contributed by atoms with Gasteiger partial charge in [-0.05, 0) is 29.7 Å². The molecule has 0 saturated heterocycles. The topological polar surface area (TPSA) is 47.0 Å². The van der Waals surface area contributed by atoms with Gasteiger partial charge in [0.05, 0.1) is 4.92 Å². The van der Waals surface area contributed by atoms with Crippen molar-refractivity contribution in [3.63, 3.8) is 0 Å². The lowest BCUT2D eigenvalue weighted by Gasteiger charge is -1.99. The maximum absolute atomic E-state index is 10.6. The summed E-state index contributed by atoms with van der Waals surface area (Å²) in [5.74, 6) is 0. The van der Waals surface area contributed by atoms with Gasteiger partial charge in [0.25, 0.3) is 5.69 Å². The summed E-state index contributed by atoms with van der Waals surface area (Å²) in [6, 6.07) is 10.8. The summed E-state index contributed by atoms with van der Waals surface area (Å²) >= 11 is 0. The quantitative estimate of drug-likeness (QED) is 0.251. The molecule has 1 heterocycles. The van der Waals surface area contributed by atoms with E-state index in [4.69, 9.17) is 0 Å². The number of nitrogens with zero attached hydrogens (tertiary/aromatic N) is 2. The molecule has 0 atom stereocenters. The van der Waals surface area contributed by atoms with E-state index in [1.54, 1.807) is 12.1 Å². The molecule has 4 nitrogen and oxygen atoms in total. The Labute approximate surface area is 150 Å². The summed E-state index contributed by atoms with van der Waals surface area (Å²) in [5, 5.41) is 10.6. The summed E-state index contributed by atoms with van der Waals surface area (Å²) in [5.41, 5.74) is 2.19. The minimum Gasteiger partial charge on any atom is -0.258 e. The van der Waals surface area contributed by atoms with Gasteiger partial charge in [-0.25, -0.2) is 4.57 Å². The average Bonchev–Trinajstić information content (AvgIpc) is 2.64. The van der Waals surface area contributed by atoms with Crippen LogP contribution in [0.1, 0.15) is 56.6 Å². The van der Waals surface area contributed by atoms with Gasteiger partial charge in [0.2, 0.25) is 0 Å². The number of nitro benzene ring substituents is 1. The molecule has 1 aromatic heterocycles. The highest BCUT2D eigenvalue weighted by molar-refractivity contribution is 5.69. The maximum atomic E-state index is 10.6. The molecule has 4 heteroatoms. The number of aromatic nitrogens is 1. The van der Waals surface area contributed by atoms with Gasteiger partial charge in [0, 0.05) is 30.7 Å². The van der Waals surface area contributed by atoms with E-state index in [1.807, 2.05) is 12.2 Å². The minimum atomic E-state index is -0.382. The Bertz CT molecular complexity index is 676. The molecule has 2 rings (SSSR count). The fourth-order valence-corrected chi connectivity index (χ4v) is 2.70. The van der Waals surface area contributed by atoms with Crippen molar-refractivity contribution in [3.05, 3.63) is 70.0 Å². The number of non-ortho nitro benzene ring substituents is 1. The van der Waals surface area contributed by atoms with Crippen LogP contribution in [0.15, 0.2) is 48.8 Å². The molecule has 0 radical (unpaired) electrons. The van der Waals surface area contributed by atoms with Crippen molar-refractivity contribution in [1.82, 2.24) is 0 Å². The van der Waals surface area contributed by atoms with Gasteiger partial charge in [-0.15, -0.1) is 0 Å². The Hall–Kier alpha value is -2.49. The number of nitro groups is 1. The normalized spacial score (nSPS) is 11.1. The molecule has 0 saturated carbocycles. The second-order valence-corrected chi connectivity index (χ2v) is 6.32. The molecule has 0 unspecified atom stereocenters. The lowest BCUT2D eigenvalue weighted by molar-refractivity contribution is -0.697. The van der Waals surface area contributed by atoms with Gasteiger partial charge in [0.15, 0.2) is 12.4 Å². The average molecular weight is 339 g/mol. The summed E-state index contributed by atoms with van der Waals surface area (Å²) in [6.07, 6.45) is 16.1. The van der Waals surface area contributed by atoms with Crippen LogP contribution in [0.3, 0.4) is 0 Å². The van der Waals surface area contributed by atoms with Gasteiger partial charge in [-0.1, -0.05) is 44.8 Å². The molecule has 0 N–H and O–H groups in total. The summed E-state index contributed by atoms with van der Waals surface area (Å²) in [6.45, 7) is 3.31. The summed E-state index contributed by atoms with van der Waals surface area (Å²) in [4.78, 5) is 10.3. The molecule has 132 valence electrons. The van der Waals surface area contributed by atoms with Crippen LogP contribution in [0.4, 0.5) is 5.69 Å². The van der Waals surface area contributed by atoms with E-state index in [-0.39, 0.29) is 10.6 Å². The number of benzene rings is 1. The first-order valence-corrected chi connectivity index (χ1v) is 9.10. The van der Waals surface area contributed by atoms with Crippen molar-refractivity contribution in [3.8, 4) is 0 Å². The monoisotopic (exact) mass is 339 g/mol. The van der Waals surface area contributed by atoms with Crippen LogP contribution in [0.25, 0.3) is 12.2 Å². The fraction of sp³-hybridized carbons (Fsp3) is 0.381. The number of rotatable bonds is 10. The van der Waals surface area contributed by atoms with Crippen LogP contribution >= 0.6 is 0 Å². The van der Waals surface area contributed by atoms with Crippen LogP contribution in [0.5, 0.6) is 0 Å². The Morgan fingerprint density at radius 2 is 1.44 bits per heavy atom. The highest BCUT2D eigenvalue weighted by Crippen LogP contribution is 2.14. The number of hydrogen-bond acceptors (Lipinski definition) is 2. The van der Waals surface area contributed by atoms with Gasteiger partial charge in [-0.2, -0.15) is 0 Å². The SMILES string of the molecule is CCCCCCCC[n+]1ccc(/C=C/c2ccc([N+](=O)[O-])cc2)cc1. The van der Waals surface area contributed by atoms with Crippen LogP contribution in [0, 0.1) is 10.1 Å². The van der Waals surface area contributed by atoms with Gasteiger partial charge < -0.3 is 0 Å². The van der Waals surface area contributed by atoms with Crippen LogP contribution < -0.4 is 4.57 Å². The Kier molecular flexibility index (Phi) is 7.83. The second-order valence-electron chi connectivity index (χ2n) is 6.32. The predicted octanol–water partition coefficient (Wildman–Crippen LogP) is 5.41. The zero-order chi connectivity index (χ0) is 17.9. The van der Waals surface area contributed by atoms with E-state index < -0.39 is 0 Å². The third kappa shape index (κ3) is 6.87. The van der Waals surface area contributed by atoms with Crippen LogP contribution in [-0.4, -0.2) is 4.92 Å². The molecule has 0 aliphatic rings. The van der Waals surface area contributed by atoms with E-state index in [0.717, 1.165) is 17.7 Å². The summed E-state index contributed by atoms with van der Waals surface area (Å²) in [7, 11) is 0. The molecule has 0 fully saturated rings. The van der Waals surface area contributed by atoms with Crippen molar-refractivity contribution >= 4 is 17.8 Å². The molecule has 1 aromatic carbocycles. The summed E-state index contributed by atoms with van der Waals surface area (Å²) < 4.78 is 2.23. The van der Waals surface area contributed by atoms with Crippen molar-refractivity contribution in [2.45, 2.75) is 52.0 Å². The highest BCUT2D eigenvalue weighted by atomic mass is 16.6. The molecule has 25 heavy (non-hydrogen) atoms. The maximum Gasteiger partial charge on any atom is 0.269 e. The molecule has 0 aliphatic heterocycles. The highest BCUT2D eigenvalue weighted by Gasteiger charge is 2.03. The Morgan fingerprint density at radius 3 is 2.04 bits per heavy atom. The standard InChI is InChI=1S/C21H27N2O2/c1-2-3-4-5-6-7-16-22-17-14-20(15-18-22)9-8-19-10-12-21(13-11-19)23(24)25/h8-15,17-18H,2-7,16H2,1H3/q+1/b9-8+. The second kappa shape index (κ2) is 10.4. The zero-order valence-corrected chi connectivity index (χ0v) is 14.9. The molecule has 2 aromatic rings. The number of aryl methyl sites for hydroxylation is 1. The van der Waals surface area contributed by atoms with Crippen molar-refractivity contribution in [1.29, 1.82) is 0 Å². The number of pyridine rings is 1. The van der Waals surface area contributed by atoms with Gasteiger partial charge in [0.1, 0.15) is 6.54 Å². The first-order chi connectivity index (χ1) is 12.2. The van der Waals surface area contributed by atoms with Gasteiger partial charge >= 0.3 is 0 Å². The molecule has 0 spiro atoms. The Morgan fingerprint density at radius 1 is 0.880 bits per heavy atom. The fourth-order valence-electron chi connectivity index (χ4n) is 2.70. The molecular formula is C21H27N2O2+. The molecule has 0 amide bonds. The first kappa shape index (κ1) is 18.8. The third-order valence-corrected chi connectivity index (χ3v) is 4.26. The smallest absolute Gasteiger partial charge is 0.258 e. The third-order valence-electron chi connectivity index (χ3n) is 4.26. The lowest BCUT2D eigenvalue weighted by atomic mass is 10.1. The molecule has 0 bridgehead atoms. The van der Waals surface area contributed by atoms with Crippen LogP contribution in [0.2, 0.25) is 0 Å². The largest absolute Gasteiger partial charge is 0.269 e. The lowest BCUT2D eigenvalue weighted by Crippen LogP contribution is -2.32. The molecular weight excluding hydrogens is 312 g/mol. The van der Waals surface area contributed by atoms with E-state index in [2.05, 4.69) is 36.0 Å².